The average Bonchev–Trinajstić information content (AvgIpc) is 2.86. The smallest absolute Gasteiger partial charge is 0.361 e. The normalized spacial score (nSPS) is 13.2. The van der Waals surface area contributed by atoms with Crippen LogP contribution < -0.4 is 0 Å². The number of hydrogen-bond acceptors (Lipinski definition) is 7. The van der Waals surface area contributed by atoms with Crippen LogP contribution in [0.25, 0.3) is 0 Å². The van der Waals surface area contributed by atoms with E-state index in [2.05, 4.69) is 123 Å². The number of carbonyl (C=O) groups excluding carboxylic acids is 2. The topological polar surface area (TPSA) is 108 Å². The zero-order valence-electron chi connectivity index (χ0n) is 62.8. The molecule has 548 valence electrons. The molecule has 0 saturated heterocycles. The maximum atomic E-state index is 12.9. The number of likely N-dealkylation sites (N-methyl/N-ethyl adjacent to an activating group) is 1. The van der Waals surface area contributed by atoms with Crippen molar-refractivity contribution in [1.82, 2.24) is 0 Å². The quantitative estimate of drug-likeness (QED) is 0.0211. The molecule has 0 bridgehead atoms. The number of nitrogens with zero attached hydrogens (tertiary/aromatic N) is 1. The Labute approximate surface area is 587 Å². The molecule has 2 atom stereocenters. The number of carbonyl (C=O) groups is 3. The molecule has 0 aromatic rings. The summed E-state index contributed by atoms with van der Waals surface area (Å²) in [5, 5.41) is 9.76. The molecular weight excluding hydrogens is 1170 g/mol. The SMILES string of the molecule is CC/C=C\C/C=C\C/C=C\C/C=C\C/C=C\C/C=C\C/C=C\C/C=C\C/C=C\CCCC(=O)OC(COC(=O)CCCCCCCCCCCCCCCCCCCCCCCCCCCCCCCCCCCCCCCCCCC)COC(OCC[N+](C)(C)C)C(=O)O. The predicted molar refractivity (Wildman–Crippen MR) is 410 cm³/mol. The summed E-state index contributed by atoms with van der Waals surface area (Å²) in [6, 6.07) is 0. The van der Waals surface area contributed by atoms with Gasteiger partial charge in [0.15, 0.2) is 6.10 Å². The lowest BCUT2D eigenvalue weighted by atomic mass is 10.0. The first kappa shape index (κ1) is 91.0. The molecule has 0 saturated carbocycles. The van der Waals surface area contributed by atoms with Gasteiger partial charge >= 0.3 is 17.9 Å². The van der Waals surface area contributed by atoms with E-state index in [9.17, 15) is 19.5 Å². The van der Waals surface area contributed by atoms with Crippen molar-refractivity contribution in [3.05, 3.63) is 109 Å². The second-order valence-corrected chi connectivity index (χ2v) is 28.0. The van der Waals surface area contributed by atoms with Crippen LogP contribution in [0.4, 0.5) is 0 Å². The molecule has 0 aromatic heterocycles. The van der Waals surface area contributed by atoms with Crippen LogP contribution in [-0.4, -0.2) is 87.4 Å². The van der Waals surface area contributed by atoms with E-state index in [1.807, 2.05) is 21.1 Å². The summed E-state index contributed by atoms with van der Waals surface area (Å²) in [5.41, 5.74) is 0. The lowest BCUT2D eigenvalue weighted by Gasteiger charge is -2.25. The van der Waals surface area contributed by atoms with Gasteiger partial charge in [0, 0.05) is 12.8 Å². The van der Waals surface area contributed by atoms with Crippen LogP contribution in [-0.2, 0) is 33.3 Å². The van der Waals surface area contributed by atoms with Gasteiger partial charge in [0.2, 0.25) is 0 Å². The molecule has 0 spiro atoms. The molecule has 9 nitrogen and oxygen atoms in total. The van der Waals surface area contributed by atoms with Gasteiger partial charge in [-0.05, 0) is 77.0 Å². The maximum Gasteiger partial charge on any atom is 0.361 e. The van der Waals surface area contributed by atoms with Gasteiger partial charge in [0.05, 0.1) is 34.4 Å². The Morgan fingerprint density at radius 1 is 0.326 bits per heavy atom. The van der Waals surface area contributed by atoms with E-state index in [0.29, 0.717) is 23.9 Å². The first-order chi connectivity index (χ1) is 46.6. The molecule has 9 heteroatoms. The molecule has 0 aliphatic rings. The fourth-order valence-electron chi connectivity index (χ4n) is 11.5. The number of rotatable bonds is 74. The zero-order chi connectivity index (χ0) is 69.0. The Bertz CT molecular complexity index is 1930. The van der Waals surface area contributed by atoms with Crippen LogP contribution in [0, 0.1) is 0 Å². The number of unbranched alkanes of at least 4 members (excludes halogenated alkanes) is 41. The summed E-state index contributed by atoms with van der Waals surface area (Å²) < 4.78 is 22.9. The van der Waals surface area contributed by atoms with Gasteiger partial charge in [-0.25, -0.2) is 4.79 Å². The summed E-state index contributed by atoms with van der Waals surface area (Å²) in [4.78, 5) is 37.7. The van der Waals surface area contributed by atoms with Gasteiger partial charge in [-0.3, -0.25) is 9.59 Å². The monoisotopic (exact) mass is 1330 g/mol. The number of ether oxygens (including phenoxy) is 4. The van der Waals surface area contributed by atoms with E-state index in [-0.39, 0.29) is 38.6 Å². The van der Waals surface area contributed by atoms with E-state index in [4.69, 9.17) is 18.9 Å². The molecule has 95 heavy (non-hydrogen) atoms. The molecule has 0 radical (unpaired) electrons. The lowest BCUT2D eigenvalue weighted by Crippen LogP contribution is -2.40. The summed E-state index contributed by atoms with van der Waals surface area (Å²) in [7, 11) is 5.96. The van der Waals surface area contributed by atoms with Crippen LogP contribution in [0.1, 0.15) is 361 Å². The Morgan fingerprint density at radius 3 is 0.884 bits per heavy atom. The van der Waals surface area contributed by atoms with E-state index < -0.39 is 24.3 Å². The largest absolute Gasteiger partial charge is 0.477 e. The van der Waals surface area contributed by atoms with Crippen molar-refractivity contribution in [1.29, 1.82) is 0 Å². The molecule has 0 aliphatic heterocycles. The van der Waals surface area contributed by atoms with Gasteiger partial charge in [-0.2, -0.15) is 0 Å². The molecule has 2 unspecified atom stereocenters. The molecule has 0 aromatic carbocycles. The summed E-state index contributed by atoms with van der Waals surface area (Å²) in [6.45, 7) is 4.73. The number of quaternary nitrogens is 1. The van der Waals surface area contributed by atoms with Gasteiger partial charge in [0.1, 0.15) is 13.2 Å². The van der Waals surface area contributed by atoms with Crippen molar-refractivity contribution in [3.8, 4) is 0 Å². The van der Waals surface area contributed by atoms with E-state index >= 15 is 0 Å². The molecular formula is C86H152NO8+. The molecule has 0 heterocycles. The van der Waals surface area contributed by atoms with E-state index in [1.165, 1.54) is 244 Å². The predicted octanol–water partition coefficient (Wildman–Crippen LogP) is 25.7. The summed E-state index contributed by atoms with van der Waals surface area (Å²) in [5.74, 6) is -2.08. The van der Waals surface area contributed by atoms with Gasteiger partial charge in [-0.1, -0.05) is 380 Å². The molecule has 0 rings (SSSR count). The number of esters is 2. The second-order valence-electron chi connectivity index (χ2n) is 28.0. The Balaban J connectivity index is 4.04. The Morgan fingerprint density at radius 2 is 0.600 bits per heavy atom. The highest BCUT2D eigenvalue weighted by Crippen LogP contribution is 2.19. The zero-order valence-corrected chi connectivity index (χ0v) is 62.8. The van der Waals surface area contributed by atoms with Crippen LogP contribution in [0.5, 0.6) is 0 Å². The highest BCUT2D eigenvalue weighted by molar-refractivity contribution is 5.71. The fourth-order valence-corrected chi connectivity index (χ4v) is 11.5. The van der Waals surface area contributed by atoms with E-state index in [0.717, 1.165) is 77.0 Å². The third kappa shape index (κ3) is 77.2. The van der Waals surface area contributed by atoms with Crippen molar-refractivity contribution in [3.63, 3.8) is 0 Å². The first-order valence-corrected chi connectivity index (χ1v) is 40.1. The first-order valence-electron chi connectivity index (χ1n) is 40.1. The third-order valence-electron chi connectivity index (χ3n) is 17.5. The van der Waals surface area contributed by atoms with Crippen molar-refractivity contribution >= 4 is 17.9 Å². The van der Waals surface area contributed by atoms with Crippen molar-refractivity contribution in [2.24, 2.45) is 0 Å². The molecule has 0 amide bonds. The Hall–Kier alpha value is -4.05. The number of carboxylic acids is 1. The Kier molecular flexibility index (Phi) is 72.5. The van der Waals surface area contributed by atoms with Crippen LogP contribution in [0.2, 0.25) is 0 Å². The number of allylic oxidation sites excluding steroid dienone is 18. The van der Waals surface area contributed by atoms with Crippen molar-refractivity contribution in [2.45, 2.75) is 373 Å². The minimum absolute atomic E-state index is 0.172. The van der Waals surface area contributed by atoms with Crippen LogP contribution >= 0.6 is 0 Å². The number of aliphatic carboxylic acids is 1. The van der Waals surface area contributed by atoms with E-state index in [1.54, 1.807) is 0 Å². The van der Waals surface area contributed by atoms with Gasteiger partial charge in [-0.15, -0.1) is 0 Å². The maximum absolute atomic E-state index is 12.9. The summed E-state index contributed by atoms with van der Waals surface area (Å²) in [6.07, 6.45) is 104. The van der Waals surface area contributed by atoms with Crippen molar-refractivity contribution in [2.75, 3.05) is 47.5 Å². The van der Waals surface area contributed by atoms with Crippen molar-refractivity contribution < 1.29 is 42.9 Å². The second kappa shape index (κ2) is 75.7. The average molecular weight is 1330 g/mol. The van der Waals surface area contributed by atoms with Crippen LogP contribution in [0.15, 0.2) is 109 Å². The number of hydrogen-bond donors (Lipinski definition) is 1. The van der Waals surface area contributed by atoms with Crippen LogP contribution in [0.3, 0.4) is 0 Å². The standard InChI is InChI=1S/C86H151NO8/c1-6-8-10-12-14-16-18-20-22-24-26-28-30-32-34-36-37-38-39-40-41-42-43-44-45-46-47-49-50-52-54-56-58-60-62-64-66-68-70-72-74-76-83(88)93-80-82(81-94-86(85(90)91)92-79-78-87(3,4)5)95-84(89)77-75-73-71-69-67-65-63-61-59-57-55-53-51-48-35-33-31-29-27-25-23-21-19-17-15-13-11-9-7-2/h9,11,15,17,21,23,27,29,33,35,51,53,57,59,63,65,69,71,82,86H,6-8,10,12-14,16,18-20,22,24-26,28,30-32,34,36-50,52,54-56,58,60-62,64,66-68,70,72-81H2,1-5H3/p+1/b11-9-,17-15-,23-21-,29-27-,35-33-,53-51-,59-57-,65-63-,71-69-. The summed E-state index contributed by atoms with van der Waals surface area (Å²) >= 11 is 0. The highest BCUT2D eigenvalue weighted by atomic mass is 16.7. The third-order valence-corrected chi connectivity index (χ3v) is 17.5. The highest BCUT2D eigenvalue weighted by Gasteiger charge is 2.25. The molecule has 1 N–H and O–H groups in total. The minimum Gasteiger partial charge on any atom is -0.477 e. The molecule has 0 fully saturated rings. The fraction of sp³-hybridized carbons (Fsp3) is 0.756. The minimum atomic E-state index is -1.53. The molecule has 0 aliphatic carbocycles. The van der Waals surface area contributed by atoms with Gasteiger partial charge < -0.3 is 28.5 Å². The number of carboxylic acid groups (broad SMARTS) is 1. The lowest BCUT2D eigenvalue weighted by molar-refractivity contribution is -0.870. The van der Waals surface area contributed by atoms with Gasteiger partial charge in [0.25, 0.3) is 6.29 Å².